The highest BCUT2D eigenvalue weighted by Crippen LogP contribution is 2.31. The van der Waals surface area contributed by atoms with Crippen LogP contribution in [0.5, 0.6) is 17.2 Å². The average Bonchev–Trinajstić information content (AvgIpc) is 2.83. The van der Waals surface area contributed by atoms with Gasteiger partial charge in [-0.1, -0.05) is 12.1 Å². The maximum atomic E-state index is 13.1. The van der Waals surface area contributed by atoms with Crippen LogP contribution < -0.4 is 19.1 Å². The van der Waals surface area contributed by atoms with E-state index in [2.05, 4.69) is 4.90 Å². The highest BCUT2D eigenvalue weighted by Gasteiger charge is 2.30. The Hall–Kier alpha value is -2.98. The molecule has 2 aromatic rings. The Balaban J connectivity index is 1.66. The lowest BCUT2D eigenvalue weighted by Gasteiger charge is -2.37. The first kappa shape index (κ1) is 23.7. The molecule has 9 nitrogen and oxygen atoms in total. The lowest BCUT2D eigenvalue weighted by Crippen LogP contribution is -2.51. The fourth-order valence-electron chi connectivity index (χ4n) is 3.62. The van der Waals surface area contributed by atoms with Crippen molar-refractivity contribution in [2.45, 2.75) is 4.90 Å². The zero-order valence-electron chi connectivity index (χ0n) is 18.8. The molecule has 0 spiro atoms. The summed E-state index contributed by atoms with van der Waals surface area (Å²) in [5.41, 5.74) is 0.979. The van der Waals surface area contributed by atoms with Crippen LogP contribution in [0.15, 0.2) is 47.4 Å². The number of methoxy groups -OCH3 is 3. The zero-order chi connectivity index (χ0) is 23.3. The van der Waals surface area contributed by atoms with Gasteiger partial charge in [-0.15, -0.1) is 0 Å². The molecule has 3 rings (SSSR count). The van der Waals surface area contributed by atoms with Gasteiger partial charge in [0.1, 0.15) is 22.1 Å². The van der Waals surface area contributed by atoms with E-state index in [9.17, 15) is 13.2 Å². The number of para-hydroxylation sites is 2. The van der Waals surface area contributed by atoms with Crippen LogP contribution in [0, 0.1) is 0 Å². The molecule has 10 heteroatoms. The lowest BCUT2D eigenvalue weighted by molar-refractivity contribution is -0.131. The summed E-state index contributed by atoms with van der Waals surface area (Å²) < 4.78 is 43.0. The minimum atomic E-state index is -3.96. The monoisotopic (exact) mass is 463 g/mol. The van der Waals surface area contributed by atoms with Crippen molar-refractivity contribution in [3.63, 3.8) is 0 Å². The van der Waals surface area contributed by atoms with Gasteiger partial charge in [-0.25, -0.2) is 8.42 Å². The number of benzene rings is 2. The van der Waals surface area contributed by atoms with Crippen LogP contribution in [0.4, 0.5) is 5.69 Å². The largest absolute Gasteiger partial charge is 0.497 e. The number of amides is 1. The smallest absolute Gasteiger partial charge is 0.247 e. The first-order chi connectivity index (χ1) is 15.3. The molecule has 2 aromatic carbocycles. The van der Waals surface area contributed by atoms with E-state index in [4.69, 9.17) is 14.2 Å². The molecule has 1 heterocycles. The van der Waals surface area contributed by atoms with Crippen LogP contribution in [0.3, 0.4) is 0 Å². The molecule has 0 aromatic heterocycles. The Morgan fingerprint density at radius 1 is 0.938 bits per heavy atom. The van der Waals surface area contributed by atoms with Gasteiger partial charge in [-0.2, -0.15) is 4.31 Å². The number of rotatable bonds is 8. The molecule has 1 aliphatic heterocycles. The summed E-state index contributed by atoms with van der Waals surface area (Å²) in [6, 6.07) is 12.3. The van der Waals surface area contributed by atoms with Crippen molar-refractivity contribution in [2.24, 2.45) is 0 Å². The summed E-state index contributed by atoms with van der Waals surface area (Å²) in [7, 11) is 1.91. The number of carbonyl (C=O) groups excluding carboxylic acids is 1. The van der Waals surface area contributed by atoms with Gasteiger partial charge in [0.2, 0.25) is 15.9 Å². The average molecular weight is 464 g/mol. The van der Waals surface area contributed by atoms with Crippen LogP contribution in [0.25, 0.3) is 0 Å². The van der Waals surface area contributed by atoms with Crippen molar-refractivity contribution >= 4 is 21.6 Å². The van der Waals surface area contributed by atoms with Crippen LogP contribution in [-0.4, -0.2) is 84.6 Å². The van der Waals surface area contributed by atoms with E-state index in [1.807, 2.05) is 24.3 Å². The normalized spacial score (nSPS) is 14.4. The quantitative estimate of drug-likeness (QED) is 0.589. The second-order valence-corrected chi connectivity index (χ2v) is 9.33. The van der Waals surface area contributed by atoms with Crippen molar-refractivity contribution in [1.82, 2.24) is 9.21 Å². The molecule has 32 heavy (non-hydrogen) atoms. The molecule has 1 fully saturated rings. The SMILES string of the molecule is COc1ccc(OC)c(S(=O)(=O)N(C)CC(=O)N2CCN(c3ccccc3OC)CC2)c1. The first-order valence-electron chi connectivity index (χ1n) is 10.2. The van der Waals surface area contributed by atoms with Gasteiger partial charge in [-0.05, 0) is 24.3 Å². The third-order valence-corrected chi connectivity index (χ3v) is 7.30. The van der Waals surface area contributed by atoms with Gasteiger partial charge < -0.3 is 24.0 Å². The standard InChI is InChI=1S/C22H29N3O6S/c1-23(32(27,28)21-15-17(29-2)9-10-20(21)31-4)16-22(26)25-13-11-24(12-14-25)18-7-5-6-8-19(18)30-3/h5-10,15H,11-14,16H2,1-4H3. The molecule has 0 bridgehead atoms. The topological polar surface area (TPSA) is 88.6 Å². The van der Waals surface area contributed by atoms with Gasteiger partial charge in [0.15, 0.2) is 0 Å². The Morgan fingerprint density at radius 3 is 2.22 bits per heavy atom. The van der Waals surface area contributed by atoms with E-state index in [0.717, 1.165) is 15.7 Å². The minimum Gasteiger partial charge on any atom is -0.497 e. The summed E-state index contributed by atoms with van der Waals surface area (Å²) in [4.78, 5) is 16.6. The number of sulfonamides is 1. The second-order valence-electron chi connectivity index (χ2n) is 7.32. The highest BCUT2D eigenvalue weighted by molar-refractivity contribution is 7.89. The first-order valence-corrected chi connectivity index (χ1v) is 11.6. The molecule has 0 atom stereocenters. The molecule has 1 saturated heterocycles. The van der Waals surface area contributed by atoms with Gasteiger partial charge in [0, 0.05) is 39.3 Å². The fraction of sp³-hybridized carbons (Fsp3) is 0.409. The number of nitrogens with zero attached hydrogens (tertiary/aromatic N) is 3. The van der Waals surface area contributed by atoms with Crippen molar-refractivity contribution < 1.29 is 27.4 Å². The van der Waals surface area contributed by atoms with Crippen LogP contribution in [0.1, 0.15) is 0 Å². The molecular weight excluding hydrogens is 434 g/mol. The Kier molecular flexibility index (Phi) is 7.47. The number of carbonyl (C=O) groups is 1. The molecule has 0 aliphatic carbocycles. The van der Waals surface area contributed by atoms with E-state index < -0.39 is 10.0 Å². The van der Waals surface area contributed by atoms with Crippen molar-refractivity contribution in [3.8, 4) is 17.2 Å². The molecule has 1 amide bonds. The maximum Gasteiger partial charge on any atom is 0.247 e. The zero-order valence-corrected chi connectivity index (χ0v) is 19.6. The molecule has 0 radical (unpaired) electrons. The van der Waals surface area contributed by atoms with E-state index in [1.165, 1.54) is 33.4 Å². The van der Waals surface area contributed by atoms with Crippen molar-refractivity contribution in [3.05, 3.63) is 42.5 Å². The molecule has 1 aliphatic rings. The van der Waals surface area contributed by atoms with Crippen LogP contribution >= 0.6 is 0 Å². The lowest BCUT2D eigenvalue weighted by atomic mass is 10.2. The number of piperazine rings is 1. The molecule has 0 unspecified atom stereocenters. The predicted molar refractivity (Wildman–Crippen MR) is 121 cm³/mol. The molecular formula is C22H29N3O6S. The van der Waals surface area contributed by atoms with E-state index in [-0.39, 0.29) is 23.1 Å². The number of hydrogen-bond acceptors (Lipinski definition) is 7. The van der Waals surface area contributed by atoms with Gasteiger partial charge >= 0.3 is 0 Å². The van der Waals surface area contributed by atoms with Crippen molar-refractivity contribution in [1.29, 1.82) is 0 Å². The summed E-state index contributed by atoms with van der Waals surface area (Å²) in [6.45, 7) is 1.98. The van der Waals surface area contributed by atoms with E-state index in [1.54, 1.807) is 18.1 Å². The number of ether oxygens (including phenoxy) is 3. The summed E-state index contributed by atoms with van der Waals surface area (Å²) >= 11 is 0. The summed E-state index contributed by atoms with van der Waals surface area (Å²) in [5, 5.41) is 0. The Labute approximate surface area is 189 Å². The minimum absolute atomic E-state index is 0.0457. The maximum absolute atomic E-state index is 13.1. The fourth-order valence-corrected chi connectivity index (χ4v) is 4.90. The van der Waals surface area contributed by atoms with Gasteiger partial charge in [0.25, 0.3) is 0 Å². The van der Waals surface area contributed by atoms with Crippen LogP contribution in [0.2, 0.25) is 0 Å². The second kappa shape index (κ2) is 10.1. The van der Waals surface area contributed by atoms with E-state index in [0.29, 0.717) is 31.9 Å². The summed E-state index contributed by atoms with van der Waals surface area (Å²) in [6.07, 6.45) is 0. The third-order valence-electron chi connectivity index (χ3n) is 5.48. The third kappa shape index (κ3) is 4.91. The highest BCUT2D eigenvalue weighted by atomic mass is 32.2. The van der Waals surface area contributed by atoms with Gasteiger partial charge in [0.05, 0.1) is 33.6 Å². The molecule has 174 valence electrons. The number of likely N-dealkylation sites (N-methyl/N-ethyl adjacent to an activating group) is 1. The predicted octanol–water partition coefficient (Wildman–Crippen LogP) is 1.68. The van der Waals surface area contributed by atoms with E-state index >= 15 is 0 Å². The Morgan fingerprint density at radius 2 is 1.59 bits per heavy atom. The number of anilines is 1. The number of hydrogen-bond donors (Lipinski definition) is 0. The van der Waals surface area contributed by atoms with Crippen molar-refractivity contribution in [2.75, 3.05) is 66.0 Å². The Bertz CT molecular complexity index is 1050. The van der Waals surface area contributed by atoms with Crippen LogP contribution in [-0.2, 0) is 14.8 Å². The molecule has 0 saturated carbocycles. The molecule has 0 N–H and O–H groups in total. The van der Waals surface area contributed by atoms with Gasteiger partial charge in [-0.3, -0.25) is 4.79 Å². The summed E-state index contributed by atoms with van der Waals surface area (Å²) in [5.74, 6) is 1.11.